The second-order valence-corrected chi connectivity index (χ2v) is 6.27. The van der Waals surface area contributed by atoms with Crippen LogP contribution >= 0.6 is 0 Å². The Morgan fingerprint density at radius 2 is 1.65 bits per heavy atom. The van der Waals surface area contributed by atoms with E-state index >= 15 is 0 Å². The van der Waals surface area contributed by atoms with Crippen molar-refractivity contribution in [3.05, 3.63) is 11.8 Å². The van der Waals surface area contributed by atoms with E-state index in [1.165, 1.54) is 0 Å². The summed E-state index contributed by atoms with van der Waals surface area (Å²) in [5.74, 6) is -0.398. The van der Waals surface area contributed by atoms with Gasteiger partial charge in [-0.3, -0.25) is 0 Å². The number of hydrogen-bond acceptors (Lipinski definition) is 4. The van der Waals surface area contributed by atoms with E-state index in [1.54, 1.807) is 0 Å². The summed E-state index contributed by atoms with van der Waals surface area (Å²) in [6.07, 6.45) is 0.823. The average molecular weight is 260 g/mol. The van der Waals surface area contributed by atoms with Crippen LogP contribution in [0.1, 0.15) is 41.0 Å². The van der Waals surface area contributed by atoms with E-state index in [1.807, 2.05) is 34.6 Å². The van der Waals surface area contributed by atoms with E-state index in [4.69, 9.17) is 13.6 Å². The smallest absolute Gasteiger partial charge is 0.363 e. The van der Waals surface area contributed by atoms with E-state index in [0.29, 0.717) is 11.8 Å². The van der Waals surface area contributed by atoms with Crippen molar-refractivity contribution in [3.8, 4) is 0 Å². The van der Waals surface area contributed by atoms with E-state index in [-0.39, 0.29) is 12.2 Å². The highest BCUT2D eigenvalue weighted by molar-refractivity contribution is 6.60. The molecule has 0 bridgehead atoms. The molecule has 0 amide bonds. The monoisotopic (exact) mass is 260 g/mol. The van der Waals surface area contributed by atoms with Crippen molar-refractivity contribution in [1.29, 1.82) is 0 Å². The second kappa shape index (κ2) is 8.44. The standard InChI is InChI=1S/C12H24O4Si/c1-7-8-14-12(13)11(6)17(15-9(2)3)16-10(4)5/h9-10,17H,6-8H2,1-5H3. The first-order chi connectivity index (χ1) is 7.88. The zero-order chi connectivity index (χ0) is 13.4. The van der Waals surface area contributed by atoms with Crippen LogP contribution in [0, 0.1) is 0 Å². The van der Waals surface area contributed by atoms with Gasteiger partial charge in [0.1, 0.15) is 0 Å². The Balaban J connectivity index is 4.45. The average Bonchev–Trinajstić information content (AvgIpc) is 2.22. The molecular formula is C12H24O4Si. The van der Waals surface area contributed by atoms with E-state index in [0.717, 1.165) is 6.42 Å². The van der Waals surface area contributed by atoms with Crippen LogP contribution in [0.2, 0.25) is 0 Å². The van der Waals surface area contributed by atoms with Crippen molar-refractivity contribution in [2.45, 2.75) is 53.2 Å². The molecule has 0 aromatic rings. The summed E-state index contributed by atoms with van der Waals surface area (Å²) in [6.45, 7) is 13.7. The lowest BCUT2D eigenvalue weighted by Crippen LogP contribution is -2.35. The lowest BCUT2D eigenvalue weighted by atomic mass is 10.5. The van der Waals surface area contributed by atoms with Gasteiger partial charge in [0.2, 0.25) is 0 Å². The van der Waals surface area contributed by atoms with E-state index in [9.17, 15) is 4.79 Å². The number of hydrogen-bond donors (Lipinski definition) is 0. The zero-order valence-electron chi connectivity index (χ0n) is 11.5. The van der Waals surface area contributed by atoms with Crippen LogP contribution in [0.5, 0.6) is 0 Å². The predicted octanol–water partition coefficient (Wildman–Crippen LogP) is 2.11. The van der Waals surface area contributed by atoms with Crippen molar-refractivity contribution >= 4 is 15.3 Å². The maximum Gasteiger partial charge on any atom is 0.363 e. The fraction of sp³-hybridized carbons (Fsp3) is 0.750. The maximum absolute atomic E-state index is 11.7. The highest BCUT2D eigenvalue weighted by Gasteiger charge is 2.27. The van der Waals surface area contributed by atoms with Crippen molar-refractivity contribution in [1.82, 2.24) is 0 Å². The Bertz CT molecular complexity index is 241. The fourth-order valence-electron chi connectivity index (χ4n) is 1.07. The van der Waals surface area contributed by atoms with Crippen LogP contribution in [0.25, 0.3) is 0 Å². The molecule has 0 atom stereocenters. The Labute approximate surface area is 106 Å². The highest BCUT2D eigenvalue weighted by atomic mass is 28.3. The summed E-state index contributed by atoms with van der Waals surface area (Å²) in [5.41, 5.74) is 0. The third kappa shape index (κ3) is 7.30. The molecule has 5 heteroatoms. The van der Waals surface area contributed by atoms with Crippen LogP contribution in [0.3, 0.4) is 0 Å². The number of esters is 1. The van der Waals surface area contributed by atoms with Gasteiger partial charge in [-0.2, -0.15) is 0 Å². The molecule has 0 aromatic carbocycles. The predicted molar refractivity (Wildman–Crippen MR) is 70.0 cm³/mol. The SMILES string of the molecule is C=C(C(=O)OCCC)[SiH](OC(C)C)OC(C)C. The molecule has 100 valence electrons. The topological polar surface area (TPSA) is 44.8 Å². The van der Waals surface area contributed by atoms with Crippen LogP contribution in [-0.4, -0.2) is 34.1 Å². The molecule has 0 spiro atoms. The Kier molecular flexibility index (Phi) is 8.12. The maximum atomic E-state index is 11.7. The third-order valence-corrected chi connectivity index (χ3v) is 4.16. The van der Waals surface area contributed by atoms with Gasteiger partial charge in [0.15, 0.2) is 0 Å². The normalized spacial score (nSPS) is 11.3. The van der Waals surface area contributed by atoms with Gasteiger partial charge in [0, 0.05) is 12.2 Å². The Morgan fingerprint density at radius 1 is 1.18 bits per heavy atom. The summed E-state index contributed by atoms with van der Waals surface area (Å²) < 4.78 is 16.3. The second-order valence-electron chi connectivity index (χ2n) is 4.36. The molecule has 0 N–H and O–H groups in total. The molecule has 0 unspecified atom stereocenters. The first-order valence-electron chi connectivity index (χ1n) is 6.05. The number of rotatable bonds is 8. The minimum atomic E-state index is -2.21. The van der Waals surface area contributed by atoms with Gasteiger partial charge in [-0.1, -0.05) is 13.5 Å². The third-order valence-electron chi connectivity index (χ3n) is 1.78. The molecule has 0 radical (unpaired) electrons. The van der Waals surface area contributed by atoms with Crippen LogP contribution in [0.4, 0.5) is 0 Å². The van der Waals surface area contributed by atoms with Crippen LogP contribution in [-0.2, 0) is 18.4 Å². The summed E-state index contributed by atoms with van der Waals surface area (Å²) in [7, 11) is -2.21. The molecule has 0 aliphatic heterocycles. The van der Waals surface area contributed by atoms with Gasteiger partial charge in [0.05, 0.1) is 11.8 Å². The van der Waals surface area contributed by atoms with Crippen molar-refractivity contribution in [3.63, 3.8) is 0 Å². The summed E-state index contributed by atoms with van der Waals surface area (Å²) in [5, 5.41) is 0.348. The minimum absolute atomic E-state index is 0.0149. The van der Waals surface area contributed by atoms with Gasteiger partial charge < -0.3 is 13.6 Å². The summed E-state index contributed by atoms with van der Waals surface area (Å²) in [4.78, 5) is 11.7. The van der Waals surface area contributed by atoms with Gasteiger partial charge in [-0.25, -0.2) is 4.79 Å². The number of carbonyl (C=O) groups is 1. The van der Waals surface area contributed by atoms with Crippen LogP contribution < -0.4 is 0 Å². The Hall–Kier alpha value is -0.653. The van der Waals surface area contributed by atoms with Gasteiger partial charge >= 0.3 is 15.3 Å². The highest BCUT2D eigenvalue weighted by Crippen LogP contribution is 2.10. The molecule has 4 nitrogen and oxygen atoms in total. The molecule has 0 aliphatic carbocycles. The van der Waals surface area contributed by atoms with Crippen LogP contribution in [0.15, 0.2) is 11.8 Å². The summed E-state index contributed by atoms with van der Waals surface area (Å²) >= 11 is 0. The number of ether oxygens (including phenoxy) is 1. The van der Waals surface area contributed by atoms with Gasteiger partial charge in [-0.15, -0.1) is 0 Å². The minimum Gasteiger partial charge on any atom is -0.463 e. The molecule has 0 aliphatic rings. The largest absolute Gasteiger partial charge is 0.463 e. The molecule has 0 saturated carbocycles. The van der Waals surface area contributed by atoms with Crippen molar-refractivity contribution < 1.29 is 18.4 Å². The quantitative estimate of drug-likeness (QED) is 0.381. The van der Waals surface area contributed by atoms with E-state index < -0.39 is 15.3 Å². The lowest BCUT2D eigenvalue weighted by molar-refractivity contribution is -0.138. The first-order valence-corrected chi connectivity index (χ1v) is 7.57. The molecule has 0 fully saturated rings. The molecular weight excluding hydrogens is 236 g/mol. The molecule has 0 saturated heterocycles. The van der Waals surface area contributed by atoms with Crippen molar-refractivity contribution in [2.24, 2.45) is 0 Å². The van der Waals surface area contributed by atoms with Gasteiger partial charge in [0.25, 0.3) is 0 Å². The molecule has 17 heavy (non-hydrogen) atoms. The lowest BCUT2D eigenvalue weighted by Gasteiger charge is -2.22. The molecule has 0 heterocycles. The first kappa shape index (κ1) is 16.3. The molecule has 0 aromatic heterocycles. The Morgan fingerprint density at radius 3 is 2.00 bits per heavy atom. The van der Waals surface area contributed by atoms with E-state index in [2.05, 4.69) is 6.58 Å². The summed E-state index contributed by atoms with van der Waals surface area (Å²) in [6, 6.07) is 0. The number of carbonyl (C=O) groups excluding carboxylic acids is 1. The van der Waals surface area contributed by atoms with Gasteiger partial charge in [-0.05, 0) is 34.1 Å². The zero-order valence-corrected chi connectivity index (χ0v) is 12.6. The van der Waals surface area contributed by atoms with Crippen molar-refractivity contribution in [2.75, 3.05) is 6.61 Å². The fourth-order valence-corrected chi connectivity index (χ4v) is 2.73. The molecule has 0 rings (SSSR count).